The van der Waals surface area contributed by atoms with Gasteiger partial charge in [-0.15, -0.1) is 0 Å². The fourth-order valence-electron chi connectivity index (χ4n) is 1.08. The molecule has 0 radical (unpaired) electrons. The van der Waals surface area contributed by atoms with E-state index in [1.54, 1.807) is 0 Å². The van der Waals surface area contributed by atoms with Gasteiger partial charge in [-0.1, -0.05) is 26.0 Å². The van der Waals surface area contributed by atoms with Crippen LogP contribution in [-0.4, -0.2) is 19.6 Å². The molecule has 66 valence electrons. The number of hydrogen-bond acceptors (Lipinski definition) is 2. The second-order valence-corrected chi connectivity index (χ2v) is 2.83. The van der Waals surface area contributed by atoms with Crippen molar-refractivity contribution in [2.75, 3.05) is 13.6 Å². The van der Waals surface area contributed by atoms with Crippen LogP contribution < -0.4 is 11.1 Å². The zero-order valence-corrected chi connectivity index (χ0v) is 7.80. The summed E-state index contributed by atoms with van der Waals surface area (Å²) in [6.07, 6.45) is 5.50. The van der Waals surface area contributed by atoms with Crippen molar-refractivity contribution in [3.63, 3.8) is 0 Å². The monoisotopic (exact) mass is 156 g/mol. The van der Waals surface area contributed by atoms with E-state index in [1.165, 1.54) is 0 Å². The van der Waals surface area contributed by atoms with Crippen LogP contribution in [0.25, 0.3) is 0 Å². The van der Waals surface area contributed by atoms with Crippen LogP contribution in [0.4, 0.5) is 0 Å². The Hall–Kier alpha value is -0.340. The molecule has 0 aromatic heterocycles. The van der Waals surface area contributed by atoms with Crippen molar-refractivity contribution in [1.29, 1.82) is 0 Å². The van der Waals surface area contributed by atoms with Crippen LogP contribution in [0.5, 0.6) is 0 Å². The van der Waals surface area contributed by atoms with Crippen LogP contribution in [0.1, 0.15) is 20.3 Å². The number of likely N-dealkylation sites (N-methyl/N-ethyl adjacent to an activating group) is 1. The van der Waals surface area contributed by atoms with Crippen molar-refractivity contribution in [2.24, 2.45) is 11.7 Å². The van der Waals surface area contributed by atoms with E-state index in [2.05, 4.69) is 31.3 Å². The Morgan fingerprint density at radius 2 is 2.18 bits per heavy atom. The van der Waals surface area contributed by atoms with Crippen LogP contribution in [0.15, 0.2) is 12.2 Å². The minimum absolute atomic E-state index is 0.415. The third-order valence-corrected chi connectivity index (χ3v) is 1.93. The molecule has 0 aliphatic carbocycles. The smallest absolute Gasteiger partial charge is 0.0247 e. The molecule has 0 saturated carbocycles. The Balaban J connectivity index is 3.77. The first-order chi connectivity index (χ1) is 5.26. The SMILES string of the molecule is CC/C=C\[C@@H](C)C(CN)NC. The van der Waals surface area contributed by atoms with Gasteiger partial charge in [0.2, 0.25) is 0 Å². The van der Waals surface area contributed by atoms with E-state index in [9.17, 15) is 0 Å². The van der Waals surface area contributed by atoms with Crippen LogP contribution in [0.2, 0.25) is 0 Å². The van der Waals surface area contributed by atoms with E-state index in [4.69, 9.17) is 5.73 Å². The van der Waals surface area contributed by atoms with Crippen LogP contribution >= 0.6 is 0 Å². The van der Waals surface area contributed by atoms with Crippen molar-refractivity contribution in [3.8, 4) is 0 Å². The van der Waals surface area contributed by atoms with Gasteiger partial charge in [-0.25, -0.2) is 0 Å². The lowest BCUT2D eigenvalue weighted by Gasteiger charge is -2.18. The van der Waals surface area contributed by atoms with Crippen molar-refractivity contribution in [2.45, 2.75) is 26.3 Å². The summed E-state index contributed by atoms with van der Waals surface area (Å²) in [6.45, 7) is 5.02. The van der Waals surface area contributed by atoms with Gasteiger partial charge < -0.3 is 11.1 Å². The molecule has 1 unspecified atom stereocenters. The normalized spacial score (nSPS) is 17.1. The molecule has 0 aromatic carbocycles. The molecular formula is C9H20N2. The Morgan fingerprint density at radius 1 is 1.55 bits per heavy atom. The average Bonchev–Trinajstić information content (AvgIpc) is 2.03. The summed E-state index contributed by atoms with van der Waals surface area (Å²) in [6, 6.07) is 0.415. The predicted molar refractivity (Wildman–Crippen MR) is 50.5 cm³/mol. The van der Waals surface area contributed by atoms with E-state index in [-0.39, 0.29) is 0 Å². The highest BCUT2D eigenvalue weighted by Gasteiger charge is 2.08. The Kier molecular flexibility index (Phi) is 6.18. The zero-order chi connectivity index (χ0) is 8.69. The zero-order valence-electron chi connectivity index (χ0n) is 7.80. The first-order valence-electron chi connectivity index (χ1n) is 4.30. The second kappa shape index (κ2) is 6.38. The minimum Gasteiger partial charge on any atom is -0.329 e. The first kappa shape index (κ1) is 10.7. The van der Waals surface area contributed by atoms with Crippen LogP contribution in [0, 0.1) is 5.92 Å². The lowest BCUT2D eigenvalue weighted by molar-refractivity contribution is 0.470. The standard InChI is InChI=1S/C9H20N2/c1-4-5-6-8(2)9(7-10)11-3/h5-6,8-9,11H,4,7,10H2,1-3H3/b6-5-/t8-,9?/m1/s1. The van der Waals surface area contributed by atoms with E-state index >= 15 is 0 Å². The minimum atomic E-state index is 0.415. The predicted octanol–water partition coefficient (Wildman–Crippen LogP) is 1.14. The van der Waals surface area contributed by atoms with Gasteiger partial charge in [0.05, 0.1) is 0 Å². The van der Waals surface area contributed by atoms with Crippen molar-refractivity contribution < 1.29 is 0 Å². The molecule has 0 rings (SSSR count). The highest BCUT2D eigenvalue weighted by molar-refractivity contribution is 4.91. The molecule has 0 bridgehead atoms. The van der Waals surface area contributed by atoms with Crippen molar-refractivity contribution in [1.82, 2.24) is 5.32 Å². The number of nitrogens with one attached hydrogen (secondary N) is 1. The molecule has 0 aliphatic heterocycles. The topological polar surface area (TPSA) is 38.0 Å². The van der Waals surface area contributed by atoms with Gasteiger partial charge in [-0.2, -0.15) is 0 Å². The van der Waals surface area contributed by atoms with Gasteiger partial charge in [0.1, 0.15) is 0 Å². The maximum absolute atomic E-state index is 5.56. The number of hydrogen-bond donors (Lipinski definition) is 2. The summed E-state index contributed by atoms with van der Waals surface area (Å²) < 4.78 is 0. The summed E-state index contributed by atoms with van der Waals surface area (Å²) in [5, 5.41) is 3.18. The lowest BCUT2D eigenvalue weighted by atomic mass is 10.0. The van der Waals surface area contributed by atoms with E-state index in [0.717, 1.165) is 6.42 Å². The van der Waals surface area contributed by atoms with Gasteiger partial charge in [-0.05, 0) is 19.4 Å². The molecular weight excluding hydrogens is 136 g/mol. The molecule has 0 heterocycles. The Bertz CT molecular complexity index is 106. The Labute approximate surface area is 69.9 Å². The van der Waals surface area contributed by atoms with Crippen molar-refractivity contribution >= 4 is 0 Å². The van der Waals surface area contributed by atoms with Crippen LogP contribution in [0.3, 0.4) is 0 Å². The second-order valence-electron chi connectivity index (χ2n) is 2.83. The van der Waals surface area contributed by atoms with E-state index in [0.29, 0.717) is 18.5 Å². The van der Waals surface area contributed by atoms with Gasteiger partial charge in [0.25, 0.3) is 0 Å². The maximum atomic E-state index is 5.56. The number of allylic oxidation sites excluding steroid dienone is 1. The summed E-state index contributed by atoms with van der Waals surface area (Å²) in [7, 11) is 1.95. The molecule has 11 heavy (non-hydrogen) atoms. The summed E-state index contributed by atoms with van der Waals surface area (Å²) in [5.41, 5.74) is 5.56. The highest BCUT2D eigenvalue weighted by atomic mass is 14.9. The highest BCUT2D eigenvalue weighted by Crippen LogP contribution is 2.03. The van der Waals surface area contributed by atoms with Gasteiger partial charge in [-0.3, -0.25) is 0 Å². The molecule has 2 heteroatoms. The maximum Gasteiger partial charge on any atom is 0.0247 e. The molecule has 0 aromatic rings. The molecule has 2 atom stereocenters. The van der Waals surface area contributed by atoms with Crippen molar-refractivity contribution in [3.05, 3.63) is 12.2 Å². The van der Waals surface area contributed by atoms with Gasteiger partial charge in [0.15, 0.2) is 0 Å². The Morgan fingerprint density at radius 3 is 2.55 bits per heavy atom. The average molecular weight is 156 g/mol. The number of nitrogens with two attached hydrogens (primary N) is 1. The summed E-state index contributed by atoms with van der Waals surface area (Å²) in [4.78, 5) is 0. The molecule has 3 N–H and O–H groups in total. The quantitative estimate of drug-likeness (QED) is 0.586. The third-order valence-electron chi connectivity index (χ3n) is 1.93. The summed E-state index contributed by atoms with van der Waals surface area (Å²) in [5.74, 6) is 0.532. The third kappa shape index (κ3) is 4.17. The number of rotatable bonds is 5. The fraction of sp³-hybridized carbons (Fsp3) is 0.778. The molecule has 2 nitrogen and oxygen atoms in total. The largest absolute Gasteiger partial charge is 0.329 e. The van der Waals surface area contributed by atoms with Gasteiger partial charge in [0, 0.05) is 12.6 Å². The van der Waals surface area contributed by atoms with Crippen LogP contribution in [-0.2, 0) is 0 Å². The van der Waals surface area contributed by atoms with E-state index < -0.39 is 0 Å². The molecule has 0 saturated heterocycles. The van der Waals surface area contributed by atoms with Gasteiger partial charge >= 0.3 is 0 Å². The molecule has 0 spiro atoms. The molecule has 0 fully saturated rings. The molecule has 0 amide bonds. The fourth-order valence-corrected chi connectivity index (χ4v) is 1.08. The summed E-state index contributed by atoms with van der Waals surface area (Å²) >= 11 is 0. The molecule has 0 aliphatic rings. The first-order valence-corrected chi connectivity index (χ1v) is 4.30. The van der Waals surface area contributed by atoms with E-state index in [1.807, 2.05) is 7.05 Å². The lowest BCUT2D eigenvalue weighted by Crippen LogP contribution is -2.38.